The smallest absolute Gasteiger partial charge is 0.249 e. The van der Waals surface area contributed by atoms with Gasteiger partial charge >= 0.3 is 0 Å². The number of amides is 1. The third kappa shape index (κ3) is 2.14. The Morgan fingerprint density at radius 3 is 2.71 bits per heavy atom. The Morgan fingerprint density at radius 1 is 1.35 bits per heavy atom. The summed E-state index contributed by atoms with van der Waals surface area (Å²) in [6.07, 6.45) is 0.977. The van der Waals surface area contributed by atoms with Crippen molar-refractivity contribution >= 4 is 17.3 Å². The third-order valence-corrected chi connectivity index (χ3v) is 3.15. The predicted molar refractivity (Wildman–Crippen MR) is 71.3 cm³/mol. The van der Waals surface area contributed by atoms with E-state index in [2.05, 4.69) is 26.1 Å². The first-order valence-corrected chi connectivity index (χ1v) is 6.32. The van der Waals surface area contributed by atoms with E-state index in [1.165, 1.54) is 0 Å². The van der Waals surface area contributed by atoms with Crippen LogP contribution in [0.3, 0.4) is 0 Å². The maximum absolute atomic E-state index is 12.4. The molecule has 2 rings (SSSR count). The Bertz CT molecular complexity index is 414. The van der Waals surface area contributed by atoms with Gasteiger partial charge in [0.1, 0.15) is 6.04 Å². The Balaban J connectivity index is 2.39. The number of nitrogens with one attached hydrogen (secondary N) is 1. The molecule has 17 heavy (non-hydrogen) atoms. The van der Waals surface area contributed by atoms with Crippen LogP contribution in [0.4, 0.5) is 11.4 Å². The van der Waals surface area contributed by atoms with E-state index in [4.69, 9.17) is 0 Å². The van der Waals surface area contributed by atoms with Crippen molar-refractivity contribution in [2.75, 3.05) is 16.8 Å². The molecule has 0 saturated carbocycles. The van der Waals surface area contributed by atoms with Crippen molar-refractivity contribution in [3.05, 3.63) is 24.3 Å². The lowest BCUT2D eigenvalue weighted by molar-refractivity contribution is -0.120. The molecule has 0 radical (unpaired) electrons. The summed E-state index contributed by atoms with van der Waals surface area (Å²) >= 11 is 0. The van der Waals surface area contributed by atoms with E-state index >= 15 is 0 Å². The number of hydrogen-bond donors (Lipinski definition) is 1. The minimum Gasteiger partial charge on any atom is -0.372 e. The molecule has 1 atom stereocenters. The third-order valence-electron chi connectivity index (χ3n) is 3.15. The summed E-state index contributed by atoms with van der Waals surface area (Å²) in [6, 6.07) is 7.93. The molecule has 1 N–H and O–H groups in total. The van der Waals surface area contributed by atoms with Gasteiger partial charge in [0.25, 0.3) is 0 Å². The van der Waals surface area contributed by atoms with Crippen LogP contribution in [-0.2, 0) is 4.79 Å². The highest BCUT2D eigenvalue weighted by Crippen LogP contribution is 2.32. The maximum Gasteiger partial charge on any atom is 0.249 e. The molecule has 0 aromatic heterocycles. The van der Waals surface area contributed by atoms with Crippen molar-refractivity contribution in [1.82, 2.24) is 0 Å². The Morgan fingerprint density at radius 2 is 2.06 bits per heavy atom. The van der Waals surface area contributed by atoms with Gasteiger partial charge in [-0.3, -0.25) is 4.79 Å². The molecule has 1 aromatic carbocycles. The first kappa shape index (κ1) is 12.0. The van der Waals surface area contributed by atoms with E-state index in [0.717, 1.165) is 24.3 Å². The molecule has 92 valence electrons. The van der Waals surface area contributed by atoms with Gasteiger partial charge in [0.2, 0.25) is 5.91 Å². The van der Waals surface area contributed by atoms with E-state index < -0.39 is 0 Å². The van der Waals surface area contributed by atoms with E-state index in [0.29, 0.717) is 5.92 Å². The molecule has 0 fully saturated rings. The lowest BCUT2D eigenvalue weighted by atomic mass is 9.99. The van der Waals surface area contributed by atoms with Gasteiger partial charge in [-0.1, -0.05) is 32.9 Å². The van der Waals surface area contributed by atoms with Crippen LogP contribution in [-0.4, -0.2) is 18.5 Å². The number of fused-ring (bicyclic) bond motifs is 1. The highest BCUT2D eigenvalue weighted by molar-refractivity contribution is 6.05. The zero-order chi connectivity index (χ0) is 12.4. The molecule has 0 aliphatic carbocycles. The second kappa shape index (κ2) is 4.78. The van der Waals surface area contributed by atoms with Crippen molar-refractivity contribution in [3.8, 4) is 0 Å². The first-order chi connectivity index (χ1) is 8.15. The molecular weight excluding hydrogens is 212 g/mol. The van der Waals surface area contributed by atoms with E-state index in [-0.39, 0.29) is 11.9 Å². The van der Waals surface area contributed by atoms with Crippen LogP contribution in [0.2, 0.25) is 0 Å². The normalized spacial score (nSPS) is 19.2. The molecule has 1 aliphatic rings. The minimum atomic E-state index is -0.101. The molecular formula is C14H20N2O. The summed E-state index contributed by atoms with van der Waals surface area (Å²) in [5.74, 6) is 0.496. The van der Waals surface area contributed by atoms with Crippen molar-refractivity contribution in [3.63, 3.8) is 0 Å². The summed E-state index contributed by atoms with van der Waals surface area (Å²) < 4.78 is 0. The molecule has 1 amide bonds. The molecule has 0 bridgehead atoms. The van der Waals surface area contributed by atoms with Gasteiger partial charge in [-0.05, 0) is 24.5 Å². The molecule has 3 nitrogen and oxygen atoms in total. The monoisotopic (exact) mass is 232 g/mol. The molecule has 1 aromatic rings. The first-order valence-electron chi connectivity index (χ1n) is 6.32. The van der Waals surface area contributed by atoms with Gasteiger partial charge in [0.15, 0.2) is 0 Å². The molecule has 1 aliphatic heterocycles. The van der Waals surface area contributed by atoms with Crippen LogP contribution >= 0.6 is 0 Å². The van der Waals surface area contributed by atoms with Crippen LogP contribution in [0.1, 0.15) is 27.2 Å². The van der Waals surface area contributed by atoms with Crippen molar-refractivity contribution < 1.29 is 4.79 Å². The predicted octanol–water partition coefficient (Wildman–Crippen LogP) is 2.88. The van der Waals surface area contributed by atoms with E-state index in [9.17, 15) is 4.79 Å². The van der Waals surface area contributed by atoms with Gasteiger partial charge in [-0.15, -0.1) is 0 Å². The molecule has 0 saturated heterocycles. The van der Waals surface area contributed by atoms with Crippen LogP contribution in [0, 0.1) is 5.92 Å². The number of nitrogens with zero attached hydrogens (tertiary/aromatic N) is 1. The summed E-state index contributed by atoms with van der Waals surface area (Å²) in [7, 11) is 0. The van der Waals surface area contributed by atoms with Gasteiger partial charge in [-0.25, -0.2) is 0 Å². The van der Waals surface area contributed by atoms with Crippen molar-refractivity contribution in [1.29, 1.82) is 0 Å². The van der Waals surface area contributed by atoms with Crippen LogP contribution < -0.4 is 10.2 Å². The zero-order valence-electron chi connectivity index (χ0n) is 10.7. The van der Waals surface area contributed by atoms with Crippen molar-refractivity contribution in [2.24, 2.45) is 5.92 Å². The maximum atomic E-state index is 12.4. The van der Waals surface area contributed by atoms with Gasteiger partial charge < -0.3 is 10.2 Å². The van der Waals surface area contributed by atoms with Crippen molar-refractivity contribution in [2.45, 2.75) is 33.2 Å². The van der Waals surface area contributed by atoms with Gasteiger partial charge in [0, 0.05) is 6.54 Å². The largest absolute Gasteiger partial charge is 0.372 e. The van der Waals surface area contributed by atoms with Crippen LogP contribution in [0.15, 0.2) is 24.3 Å². The fourth-order valence-electron chi connectivity index (χ4n) is 2.25. The minimum absolute atomic E-state index is 0.101. The van der Waals surface area contributed by atoms with Gasteiger partial charge in [-0.2, -0.15) is 0 Å². The highest BCUT2D eigenvalue weighted by Gasteiger charge is 2.33. The molecule has 1 unspecified atom stereocenters. The van der Waals surface area contributed by atoms with E-state index in [1.807, 2.05) is 29.2 Å². The second-order valence-corrected chi connectivity index (χ2v) is 4.87. The lowest BCUT2D eigenvalue weighted by Crippen LogP contribution is -2.49. The molecule has 0 spiro atoms. The molecule has 1 heterocycles. The number of rotatable bonds is 3. The topological polar surface area (TPSA) is 32.3 Å². The number of hydrogen-bond acceptors (Lipinski definition) is 2. The fraction of sp³-hybridized carbons (Fsp3) is 0.500. The highest BCUT2D eigenvalue weighted by atomic mass is 16.2. The average Bonchev–Trinajstić information content (AvgIpc) is 2.32. The zero-order valence-corrected chi connectivity index (χ0v) is 10.7. The average molecular weight is 232 g/mol. The number of carbonyl (C=O) groups excluding carboxylic acids is 1. The second-order valence-electron chi connectivity index (χ2n) is 4.87. The standard InChI is InChI=1S/C14H20N2O/c1-4-9-16-12-8-6-5-7-11(12)15-13(10(2)3)14(16)17/h5-8,10,13,15H,4,9H2,1-3H3. The SMILES string of the molecule is CCCN1C(=O)C(C(C)C)Nc2ccccc21. The molecule has 3 heteroatoms. The quantitative estimate of drug-likeness (QED) is 0.869. The number of anilines is 2. The van der Waals surface area contributed by atoms with Gasteiger partial charge in [0.05, 0.1) is 11.4 Å². The Kier molecular flexibility index (Phi) is 3.36. The summed E-state index contributed by atoms with van der Waals surface area (Å²) in [5, 5.41) is 3.34. The number of para-hydroxylation sites is 2. The number of benzene rings is 1. The summed E-state index contributed by atoms with van der Waals surface area (Å²) in [5.41, 5.74) is 2.08. The lowest BCUT2D eigenvalue weighted by Gasteiger charge is -2.36. The van der Waals surface area contributed by atoms with E-state index in [1.54, 1.807) is 0 Å². The summed E-state index contributed by atoms with van der Waals surface area (Å²) in [6.45, 7) is 7.05. The summed E-state index contributed by atoms with van der Waals surface area (Å²) in [4.78, 5) is 14.3. The fourth-order valence-corrected chi connectivity index (χ4v) is 2.25. The van der Waals surface area contributed by atoms with Crippen LogP contribution in [0.5, 0.6) is 0 Å². The van der Waals surface area contributed by atoms with Crippen LogP contribution in [0.25, 0.3) is 0 Å². The number of carbonyl (C=O) groups is 1. The Hall–Kier alpha value is -1.51. The Labute approximate surface area is 103 Å².